The summed E-state index contributed by atoms with van der Waals surface area (Å²) in [5, 5.41) is 9.52. The maximum absolute atomic E-state index is 9.68. The van der Waals surface area contributed by atoms with Gasteiger partial charge in [-0.2, -0.15) is 0 Å². The molecule has 0 radical (unpaired) electrons. The van der Waals surface area contributed by atoms with E-state index < -0.39 is 6.23 Å². The van der Waals surface area contributed by atoms with Crippen molar-refractivity contribution >= 4 is 11.6 Å². The molecule has 1 N–H and O–H groups in total. The minimum atomic E-state index is -0.513. The van der Waals surface area contributed by atoms with Gasteiger partial charge in [0.1, 0.15) is 6.23 Å². The molecule has 72 valence electrons. The smallest absolute Gasteiger partial charge is 0.124 e. The highest BCUT2D eigenvalue weighted by Crippen LogP contribution is 2.12. The SMILES string of the molecule is CCC(Cl)C(O)N1CCOCC1. The van der Waals surface area contributed by atoms with E-state index in [1.54, 1.807) is 0 Å². The van der Waals surface area contributed by atoms with Crippen molar-refractivity contribution in [1.82, 2.24) is 4.90 Å². The van der Waals surface area contributed by atoms with Crippen molar-refractivity contribution in [2.75, 3.05) is 26.3 Å². The predicted molar refractivity (Wildman–Crippen MR) is 48.3 cm³/mol. The largest absolute Gasteiger partial charge is 0.379 e. The van der Waals surface area contributed by atoms with Crippen molar-refractivity contribution in [2.45, 2.75) is 24.9 Å². The van der Waals surface area contributed by atoms with Crippen LogP contribution in [-0.4, -0.2) is 47.9 Å². The summed E-state index contributed by atoms with van der Waals surface area (Å²) in [6, 6.07) is 0. The lowest BCUT2D eigenvalue weighted by atomic mass is 10.2. The van der Waals surface area contributed by atoms with E-state index in [0.29, 0.717) is 13.2 Å². The summed E-state index contributed by atoms with van der Waals surface area (Å²) in [6.07, 6.45) is 0.278. The number of aliphatic hydroxyl groups is 1. The first kappa shape index (κ1) is 10.3. The number of aliphatic hydroxyl groups excluding tert-OH is 1. The number of nitrogens with zero attached hydrogens (tertiary/aromatic N) is 1. The monoisotopic (exact) mass is 193 g/mol. The van der Waals surface area contributed by atoms with Gasteiger partial charge in [-0.15, -0.1) is 11.6 Å². The second-order valence-corrected chi connectivity index (χ2v) is 3.55. The lowest BCUT2D eigenvalue weighted by molar-refractivity contribution is -0.0597. The second-order valence-electron chi connectivity index (χ2n) is 2.99. The Labute approximate surface area is 78.3 Å². The highest BCUT2D eigenvalue weighted by atomic mass is 35.5. The Morgan fingerprint density at radius 3 is 2.58 bits per heavy atom. The van der Waals surface area contributed by atoms with Gasteiger partial charge >= 0.3 is 0 Å². The van der Waals surface area contributed by atoms with Crippen LogP contribution in [0.2, 0.25) is 0 Å². The number of alkyl halides is 1. The third kappa shape index (κ3) is 2.59. The molecule has 2 atom stereocenters. The molecule has 0 aliphatic carbocycles. The number of ether oxygens (including phenoxy) is 1. The summed E-state index contributed by atoms with van der Waals surface area (Å²) >= 11 is 5.92. The van der Waals surface area contributed by atoms with Crippen molar-refractivity contribution in [1.29, 1.82) is 0 Å². The molecule has 0 aromatic heterocycles. The van der Waals surface area contributed by atoms with Crippen LogP contribution in [-0.2, 0) is 4.74 Å². The fraction of sp³-hybridized carbons (Fsp3) is 1.00. The molecule has 4 heteroatoms. The Hall–Kier alpha value is 0.170. The van der Waals surface area contributed by atoms with E-state index in [1.165, 1.54) is 0 Å². The minimum absolute atomic E-state index is 0.164. The second kappa shape index (κ2) is 5.02. The Kier molecular flexibility index (Phi) is 4.29. The molecular weight excluding hydrogens is 178 g/mol. The fourth-order valence-corrected chi connectivity index (χ4v) is 1.44. The molecule has 3 nitrogen and oxygen atoms in total. The molecule has 0 spiro atoms. The molecule has 0 aromatic rings. The molecular formula is C8H16ClNO2. The standard InChI is InChI=1S/C8H16ClNO2/c1-2-7(9)8(11)10-3-5-12-6-4-10/h7-8,11H,2-6H2,1H3. The van der Waals surface area contributed by atoms with E-state index in [1.807, 2.05) is 11.8 Å². The average Bonchev–Trinajstić information content (AvgIpc) is 2.17. The number of hydrogen-bond acceptors (Lipinski definition) is 3. The molecule has 2 unspecified atom stereocenters. The van der Waals surface area contributed by atoms with Crippen LogP contribution in [0, 0.1) is 0 Å². The van der Waals surface area contributed by atoms with Crippen LogP contribution < -0.4 is 0 Å². The first-order valence-corrected chi connectivity index (χ1v) is 4.83. The molecule has 1 rings (SSSR count). The molecule has 0 saturated carbocycles. The number of halogens is 1. The first-order valence-electron chi connectivity index (χ1n) is 4.39. The number of morpholine rings is 1. The van der Waals surface area contributed by atoms with E-state index in [2.05, 4.69) is 0 Å². The van der Waals surface area contributed by atoms with E-state index in [9.17, 15) is 5.11 Å². The van der Waals surface area contributed by atoms with Crippen molar-refractivity contribution < 1.29 is 9.84 Å². The van der Waals surface area contributed by atoms with Gasteiger partial charge in [0.25, 0.3) is 0 Å². The van der Waals surface area contributed by atoms with Crippen molar-refractivity contribution in [3.63, 3.8) is 0 Å². The van der Waals surface area contributed by atoms with Crippen molar-refractivity contribution in [3.8, 4) is 0 Å². The topological polar surface area (TPSA) is 32.7 Å². The summed E-state index contributed by atoms with van der Waals surface area (Å²) in [7, 11) is 0. The van der Waals surface area contributed by atoms with Crippen LogP contribution in [0.5, 0.6) is 0 Å². The van der Waals surface area contributed by atoms with Crippen LogP contribution in [0.25, 0.3) is 0 Å². The zero-order valence-electron chi connectivity index (χ0n) is 7.37. The van der Waals surface area contributed by atoms with Gasteiger partial charge in [0, 0.05) is 13.1 Å². The Bertz CT molecular complexity index is 128. The Morgan fingerprint density at radius 1 is 1.50 bits per heavy atom. The van der Waals surface area contributed by atoms with Gasteiger partial charge in [-0.1, -0.05) is 6.92 Å². The van der Waals surface area contributed by atoms with Crippen LogP contribution in [0.3, 0.4) is 0 Å². The fourth-order valence-electron chi connectivity index (χ4n) is 1.28. The molecule has 1 saturated heterocycles. The molecule has 0 amide bonds. The van der Waals surface area contributed by atoms with E-state index in [-0.39, 0.29) is 5.38 Å². The zero-order valence-corrected chi connectivity index (χ0v) is 8.13. The quantitative estimate of drug-likeness (QED) is 0.669. The Balaban J connectivity index is 2.33. The van der Waals surface area contributed by atoms with Gasteiger partial charge in [0.2, 0.25) is 0 Å². The van der Waals surface area contributed by atoms with E-state index in [0.717, 1.165) is 19.5 Å². The average molecular weight is 194 g/mol. The maximum atomic E-state index is 9.68. The van der Waals surface area contributed by atoms with Gasteiger partial charge in [0.15, 0.2) is 0 Å². The van der Waals surface area contributed by atoms with Crippen molar-refractivity contribution in [2.24, 2.45) is 0 Å². The molecule has 0 aromatic carbocycles. The molecule has 0 bridgehead atoms. The number of rotatable bonds is 3. The molecule has 1 aliphatic heterocycles. The van der Waals surface area contributed by atoms with Gasteiger partial charge in [-0.3, -0.25) is 4.90 Å². The summed E-state index contributed by atoms with van der Waals surface area (Å²) in [5.41, 5.74) is 0. The molecule has 1 heterocycles. The van der Waals surface area contributed by atoms with Gasteiger partial charge in [-0.25, -0.2) is 0 Å². The van der Waals surface area contributed by atoms with Crippen molar-refractivity contribution in [3.05, 3.63) is 0 Å². The summed E-state index contributed by atoms with van der Waals surface area (Å²) in [6.45, 7) is 4.94. The highest BCUT2D eigenvalue weighted by Gasteiger charge is 2.23. The molecule has 1 fully saturated rings. The third-order valence-electron chi connectivity index (χ3n) is 2.13. The minimum Gasteiger partial charge on any atom is -0.379 e. The molecule has 12 heavy (non-hydrogen) atoms. The molecule has 1 aliphatic rings. The zero-order chi connectivity index (χ0) is 8.97. The van der Waals surface area contributed by atoms with Gasteiger partial charge in [-0.05, 0) is 6.42 Å². The van der Waals surface area contributed by atoms with Crippen LogP contribution in [0.4, 0.5) is 0 Å². The first-order chi connectivity index (χ1) is 5.75. The lowest BCUT2D eigenvalue weighted by Crippen LogP contribution is -2.47. The van der Waals surface area contributed by atoms with E-state index in [4.69, 9.17) is 16.3 Å². The summed E-state index contributed by atoms with van der Waals surface area (Å²) in [4.78, 5) is 1.96. The maximum Gasteiger partial charge on any atom is 0.124 e. The van der Waals surface area contributed by atoms with Crippen LogP contribution in [0.15, 0.2) is 0 Å². The van der Waals surface area contributed by atoms with Crippen LogP contribution in [0.1, 0.15) is 13.3 Å². The van der Waals surface area contributed by atoms with E-state index >= 15 is 0 Å². The van der Waals surface area contributed by atoms with Crippen LogP contribution >= 0.6 is 11.6 Å². The lowest BCUT2D eigenvalue weighted by Gasteiger charge is -2.33. The predicted octanol–water partition coefficient (Wildman–Crippen LogP) is 0.654. The van der Waals surface area contributed by atoms with Gasteiger partial charge in [0.05, 0.1) is 18.6 Å². The normalized spacial score (nSPS) is 25.2. The third-order valence-corrected chi connectivity index (χ3v) is 2.67. The van der Waals surface area contributed by atoms with Gasteiger partial charge < -0.3 is 9.84 Å². The summed E-state index contributed by atoms with van der Waals surface area (Å²) in [5.74, 6) is 0. The highest BCUT2D eigenvalue weighted by molar-refractivity contribution is 6.20. The Morgan fingerprint density at radius 2 is 2.08 bits per heavy atom. The summed E-state index contributed by atoms with van der Waals surface area (Å²) < 4.78 is 5.17. The number of hydrogen-bond donors (Lipinski definition) is 1.